The van der Waals surface area contributed by atoms with Crippen molar-refractivity contribution in [2.24, 2.45) is 5.10 Å². The van der Waals surface area contributed by atoms with Gasteiger partial charge in [0, 0.05) is 5.56 Å². The first-order valence-corrected chi connectivity index (χ1v) is 12.4. The van der Waals surface area contributed by atoms with Gasteiger partial charge in [-0.05, 0) is 78.3 Å². The number of hydrogen-bond acceptors (Lipinski definition) is 7. The third kappa shape index (κ3) is 7.07. The number of nitrogens with zero attached hydrogens (tertiary/aromatic N) is 4. The molecule has 1 heterocycles. The molecule has 4 aromatic rings. The van der Waals surface area contributed by atoms with Crippen LogP contribution in [0.5, 0.6) is 11.5 Å². The maximum Gasteiger partial charge on any atom is 0.390 e. The standard InChI is InChI=1S/C29H29N5O5/c1-4-38-27-16-23(11-14-26(27)39-19-25-8-6-5-7-20(25)2)17-30-31-29(35)24-12-9-22(10-13-24)18-33-21(3)15-28(32-33)34(36)37/h5-17H,4,18-19H2,1-3H3,(H,31,35)/b30-17-. The first-order valence-electron chi connectivity index (χ1n) is 12.4. The molecular weight excluding hydrogens is 498 g/mol. The van der Waals surface area contributed by atoms with Gasteiger partial charge < -0.3 is 19.6 Å². The van der Waals surface area contributed by atoms with Gasteiger partial charge in [-0.3, -0.25) is 4.79 Å². The predicted octanol–water partition coefficient (Wildman–Crippen LogP) is 5.20. The second-order valence-electron chi connectivity index (χ2n) is 8.81. The van der Waals surface area contributed by atoms with Crippen LogP contribution in [0.3, 0.4) is 0 Å². The van der Waals surface area contributed by atoms with Crippen LogP contribution in [0.4, 0.5) is 5.82 Å². The van der Waals surface area contributed by atoms with E-state index in [1.165, 1.54) is 12.3 Å². The van der Waals surface area contributed by atoms with Gasteiger partial charge in [0.25, 0.3) is 5.91 Å². The van der Waals surface area contributed by atoms with Crippen LogP contribution >= 0.6 is 0 Å². The minimum atomic E-state index is -0.524. The molecule has 3 aromatic carbocycles. The molecule has 10 nitrogen and oxygen atoms in total. The molecule has 0 unspecified atom stereocenters. The number of benzene rings is 3. The van der Waals surface area contributed by atoms with Crippen LogP contribution < -0.4 is 14.9 Å². The van der Waals surface area contributed by atoms with Crippen molar-refractivity contribution in [3.05, 3.63) is 116 Å². The van der Waals surface area contributed by atoms with Crippen LogP contribution in [0.1, 0.15) is 45.2 Å². The molecule has 0 aliphatic rings. The lowest BCUT2D eigenvalue weighted by Crippen LogP contribution is -2.17. The highest BCUT2D eigenvalue weighted by atomic mass is 16.6. The Bertz CT molecular complexity index is 1490. The lowest BCUT2D eigenvalue weighted by molar-refractivity contribution is -0.389. The molecule has 200 valence electrons. The molecule has 4 rings (SSSR count). The van der Waals surface area contributed by atoms with Gasteiger partial charge in [0.15, 0.2) is 11.5 Å². The van der Waals surface area contributed by atoms with Crippen molar-refractivity contribution < 1.29 is 19.2 Å². The van der Waals surface area contributed by atoms with E-state index in [9.17, 15) is 14.9 Å². The Morgan fingerprint density at radius 1 is 1.05 bits per heavy atom. The van der Waals surface area contributed by atoms with E-state index in [0.717, 1.165) is 22.3 Å². The topological polar surface area (TPSA) is 121 Å². The number of rotatable bonds is 11. The van der Waals surface area contributed by atoms with E-state index in [1.807, 2.05) is 56.3 Å². The second-order valence-corrected chi connectivity index (χ2v) is 8.81. The van der Waals surface area contributed by atoms with Gasteiger partial charge in [0.05, 0.1) is 36.2 Å². The number of amides is 1. The van der Waals surface area contributed by atoms with E-state index in [-0.39, 0.29) is 11.7 Å². The average molecular weight is 528 g/mol. The summed E-state index contributed by atoms with van der Waals surface area (Å²) in [5.41, 5.74) is 7.47. The van der Waals surface area contributed by atoms with E-state index in [2.05, 4.69) is 15.6 Å². The van der Waals surface area contributed by atoms with E-state index in [1.54, 1.807) is 35.9 Å². The van der Waals surface area contributed by atoms with Gasteiger partial charge in [-0.15, -0.1) is 0 Å². The lowest BCUT2D eigenvalue weighted by atomic mass is 10.1. The van der Waals surface area contributed by atoms with Gasteiger partial charge in [-0.2, -0.15) is 9.78 Å². The number of carbonyl (C=O) groups excluding carboxylic acids is 1. The molecule has 0 radical (unpaired) electrons. The normalized spacial score (nSPS) is 10.9. The average Bonchev–Trinajstić information content (AvgIpc) is 3.30. The maximum atomic E-state index is 12.5. The van der Waals surface area contributed by atoms with Gasteiger partial charge in [-0.1, -0.05) is 36.4 Å². The highest BCUT2D eigenvalue weighted by Crippen LogP contribution is 2.29. The molecule has 10 heteroatoms. The van der Waals surface area contributed by atoms with Crippen LogP contribution in [0.15, 0.2) is 77.9 Å². The highest BCUT2D eigenvalue weighted by molar-refractivity contribution is 5.95. The van der Waals surface area contributed by atoms with E-state index >= 15 is 0 Å². The summed E-state index contributed by atoms with van der Waals surface area (Å²) in [5, 5.41) is 19.0. The molecular formula is C29H29N5O5. The van der Waals surface area contributed by atoms with Gasteiger partial charge in [-0.25, -0.2) is 5.43 Å². The zero-order chi connectivity index (χ0) is 27.8. The molecule has 39 heavy (non-hydrogen) atoms. The minimum absolute atomic E-state index is 0.195. The Morgan fingerprint density at radius 2 is 1.82 bits per heavy atom. The molecule has 0 saturated carbocycles. The summed E-state index contributed by atoms with van der Waals surface area (Å²) < 4.78 is 13.3. The Balaban J connectivity index is 1.35. The minimum Gasteiger partial charge on any atom is -0.490 e. The first kappa shape index (κ1) is 27.1. The summed E-state index contributed by atoms with van der Waals surface area (Å²) >= 11 is 0. The first-order chi connectivity index (χ1) is 18.8. The van der Waals surface area contributed by atoms with Crippen molar-refractivity contribution >= 4 is 17.9 Å². The summed E-state index contributed by atoms with van der Waals surface area (Å²) in [5.74, 6) is 0.655. The molecule has 0 atom stereocenters. The predicted molar refractivity (Wildman–Crippen MR) is 147 cm³/mol. The van der Waals surface area contributed by atoms with E-state index < -0.39 is 4.92 Å². The summed E-state index contributed by atoms with van der Waals surface area (Å²) in [6, 6.07) is 21.8. The lowest BCUT2D eigenvalue weighted by Gasteiger charge is -2.13. The molecule has 1 amide bonds. The van der Waals surface area contributed by atoms with Crippen LogP contribution in [0.25, 0.3) is 0 Å². The van der Waals surface area contributed by atoms with Crippen LogP contribution in [0, 0.1) is 24.0 Å². The number of aromatic nitrogens is 2. The molecule has 0 fully saturated rings. The number of hydrogen-bond donors (Lipinski definition) is 1. The summed E-state index contributed by atoms with van der Waals surface area (Å²) in [4.78, 5) is 22.9. The molecule has 0 spiro atoms. The van der Waals surface area contributed by atoms with Crippen molar-refractivity contribution in [1.82, 2.24) is 15.2 Å². The Hall–Kier alpha value is -4.99. The number of hydrazone groups is 1. The number of nitrogens with one attached hydrogen (secondary N) is 1. The zero-order valence-electron chi connectivity index (χ0n) is 22.0. The fourth-order valence-electron chi connectivity index (χ4n) is 3.83. The quantitative estimate of drug-likeness (QED) is 0.163. The van der Waals surface area contributed by atoms with Gasteiger partial charge in [0.1, 0.15) is 6.61 Å². The summed E-state index contributed by atoms with van der Waals surface area (Å²) in [6.45, 7) is 6.96. The van der Waals surface area contributed by atoms with Crippen LogP contribution in [-0.2, 0) is 13.2 Å². The molecule has 0 saturated heterocycles. The second kappa shape index (κ2) is 12.5. The molecule has 0 aliphatic heterocycles. The van der Waals surface area contributed by atoms with E-state index in [4.69, 9.17) is 9.47 Å². The fourth-order valence-corrected chi connectivity index (χ4v) is 3.83. The van der Waals surface area contributed by atoms with Crippen molar-refractivity contribution in [2.75, 3.05) is 6.61 Å². The SMILES string of the molecule is CCOc1cc(/C=N\NC(=O)c2ccc(Cn3nc([N+](=O)[O-])cc3C)cc2)ccc1OCc1ccccc1C. The number of carbonyl (C=O) groups is 1. The smallest absolute Gasteiger partial charge is 0.390 e. The van der Waals surface area contributed by atoms with Gasteiger partial charge in [0.2, 0.25) is 0 Å². The zero-order valence-corrected chi connectivity index (χ0v) is 22.0. The van der Waals surface area contributed by atoms with Crippen molar-refractivity contribution in [1.29, 1.82) is 0 Å². The molecule has 1 N–H and O–H groups in total. The van der Waals surface area contributed by atoms with Crippen molar-refractivity contribution in [3.63, 3.8) is 0 Å². The largest absolute Gasteiger partial charge is 0.490 e. The molecule has 1 aromatic heterocycles. The third-order valence-electron chi connectivity index (χ3n) is 6.00. The Kier molecular flexibility index (Phi) is 8.67. The summed E-state index contributed by atoms with van der Waals surface area (Å²) in [6.07, 6.45) is 1.54. The van der Waals surface area contributed by atoms with E-state index in [0.29, 0.717) is 42.5 Å². The van der Waals surface area contributed by atoms with Crippen LogP contribution in [-0.4, -0.2) is 33.4 Å². The third-order valence-corrected chi connectivity index (χ3v) is 6.00. The highest BCUT2D eigenvalue weighted by Gasteiger charge is 2.15. The summed E-state index contributed by atoms with van der Waals surface area (Å²) in [7, 11) is 0. The maximum absolute atomic E-state index is 12.5. The molecule has 0 bridgehead atoms. The molecule has 0 aliphatic carbocycles. The van der Waals surface area contributed by atoms with Crippen LogP contribution in [0.2, 0.25) is 0 Å². The van der Waals surface area contributed by atoms with Crippen molar-refractivity contribution in [2.45, 2.75) is 33.9 Å². The monoisotopic (exact) mass is 527 g/mol. The number of nitro groups is 1. The van der Waals surface area contributed by atoms with Crippen molar-refractivity contribution in [3.8, 4) is 11.5 Å². The fraction of sp³-hybridized carbons (Fsp3) is 0.207. The Labute approximate surface area is 226 Å². The van der Waals surface area contributed by atoms with Gasteiger partial charge >= 0.3 is 5.82 Å². The number of aryl methyl sites for hydroxylation is 2. The number of ether oxygens (including phenoxy) is 2. The Morgan fingerprint density at radius 3 is 2.51 bits per heavy atom.